The van der Waals surface area contributed by atoms with Crippen LogP contribution in [0.3, 0.4) is 0 Å². The van der Waals surface area contributed by atoms with E-state index in [0.29, 0.717) is 18.2 Å². The average molecular weight is 179 g/mol. The van der Waals surface area contributed by atoms with Gasteiger partial charge in [0.1, 0.15) is 0 Å². The summed E-state index contributed by atoms with van der Waals surface area (Å²) < 4.78 is 4.98. The number of hydrogen-bond acceptors (Lipinski definition) is 4. The van der Waals surface area contributed by atoms with Gasteiger partial charge in [0.2, 0.25) is 6.41 Å². The van der Waals surface area contributed by atoms with Gasteiger partial charge >= 0.3 is 0 Å². The quantitative estimate of drug-likeness (QED) is 0.285. The lowest BCUT2D eigenvalue weighted by Gasteiger charge is -2.00. The molecule has 0 saturated carbocycles. The molecule has 0 radical (unpaired) electrons. The second kappa shape index (κ2) is 6.95. The molecule has 0 aliphatic heterocycles. The van der Waals surface area contributed by atoms with Crippen LogP contribution in [0.1, 0.15) is 6.92 Å². The minimum Gasteiger partial charge on any atom is -0.472 e. The molecule has 0 N–H and O–H groups in total. The molecule has 10 heavy (non-hydrogen) atoms. The summed E-state index contributed by atoms with van der Waals surface area (Å²) in [5.41, 5.74) is 0. The number of rotatable bonds is 3. The number of carbonyl (C=O) groups is 1. The molecule has 1 amide bonds. The molecule has 0 aliphatic rings. The second-order valence-corrected chi connectivity index (χ2v) is 3.53. The molecular weight excluding hydrogens is 170 g/mol. The molecule has 58 valence electrons. The molecule has 0 aromatic rings. The van der Waals surface area contributed by atoms with Crippen molar-refractivity contribution in [2.75, 3.05) is 12.9 Å². The van der Waals surface area contributed by atoms with Crippen molar-refractivity contribution in [3.05, 3.63) is 0 Å². The van der Waals surface area contributed by atoms with Crippen LogP contribution in [0, 0.1) is 0 Å². The zero-order valence-electron chi connectivity index (χ0n) is 5.86. The van der Waals surface area contributed by atoms with Crippen molar-refractivity contribution in [3.8, 4) is 0 Å². The zero-order chi connectivity index (χ0) is 7.82. The Labute approximate surface area is 68.0 Å². The van der Waals surface area contributed by atoms with Gasteiger partial charge in [-0.05, 0) is 13.2 Å². The van der Waals surface area contributed by atoms with Crippen molar-refractivity contribution in [1.82, 2.24) is 0 Å². The highest BCUT2D eigenvalue weighted by atomic mass is 33.1. The van der Waals surface area contributed by atoms with E-state index in [1.54, 1.807) is 0 Å². The van der Waals surface area contributed by atoms with E-state index in [1.165, 1.54) is 21.6 Å². The van der Waals surface area contributed by atoms with E-state index in [2.05, 4.69) is 4.99 Å². The summed E-state index contributed by atoms with van der Waals surface area (Å²) >= 11 is 0. The maximum Gasteiger partial charge on any atom is 0.264 e. The Morgan fingerprint density at radius 3 is 2.90 bits per heavy atom. The van der Waals surface area contributed by atoms with Crippen LogP contribution in [0.15, 0.2) is 4.99 Å². The smallest absolute Gasteiger partial charge is 0.264 e. The first-order chi connectivity index (χ1) is 4.85. The molecule has 0 unspecified atom stereocenters. The molecular formula is C5H9NO2S2. The topological polar surface area (TPSA) is 38.7 Å². The number of hydrogen-bond donors (Lipinski definition) is 0. The number of ether oxygens (including phenoxy) is 1. The van der Waals surface area contributed by atoms with Crippen LogP contribution >= 0.6 is 21.6 Å². The summed E-state index contributed by atoms with van der Waals surface area (Å²) in [5.74, 6) is 0. The maximum atomic E-state index is 9.87. The van der Waals surface area contributed by atoms with E-state index in [1.807, 2.05) is 13.2 Å². The van der Waals surface area contributed by atoms with Crippen molar-refractivity contribution in [2.24, 2.45) is 4.99 Å². The largest absolute Gasteiger partial charge is 0.472 e. The van der Waals surface area contributed by atoms with Gasteiger partial charge < -0.3 is 4.74 Å². The highest BCUT2D eigenvalue weighted by Gasteiger charge is 1.96. The van der Waals surface area contributed by atoms with E-state index >= 15 is 0 Å². The van der Waals surface area contributed by atoms with Crippen molar-refractivity contribution < 1.29 is 9.53 Å². The SMILES string of the molecule is CCOC(=NC=O)SSC. The molecule has 0 fully saturated rings. The Kier molecular flexibility index (Phi) is 6.84. The van der Waals surface area contributed by atoms with E-state index < -0.39 is 0 Å². The van der Waals surface area contributed by atoms with Crippen LogP contribution in [0.4, 0.5) is 0 Å². The molecule has 0 bridgehead atoms. The van der Waals surface area contributed by atoms with Gasteiger partial charge in [-0.1, -0.05) is 10.8 Å². The van der Waals surface area contributed by atoms with E-state index in [0.717, 1.165) is 0 Å². The monoisotopic (exact) mass is 179 g/mol. The fraction of sp³-hybridized carbons (Fsp3) is 0.600. The standard InChI is InChI=1S/C5H9NO2S2/c1-3-8-5(6-4-7)10-9-2/h4H,3H2,1-2H3. The van der Waals surface area contributed by atoms with Gasteiger partial charge in [0.05, 0.1) is 6.61 Å². The molecule has 0 aliphatic carbocycles. The minimum absolute atomic E-state index is 0.421. The molecule has 0 spiro atoms. The third-order valence-corrected chi connectivity index (χ3v) is 2.04. The Bertz CT molecular complexity index is 119. The van der Waals surface area contributed by atoms with Crippen molar-refractivity contribution in [1.29, 1.82) is 0 Å². The third kappa shape index (κ3) is 4.69. The van der Waals surface area contributed by atoms with Gasteiger partial charge in [-0.3, -0.25) is 4.79 Å². The van der Waals surface area contributed by atoms with Gasteiger partial charge in [-0.25, -0.2) is 0 Å². The first-order valence-electron chi connectivity index (χ1n) is 2.70. The summed E-state index contributed by atoms with van der Waals surface area (Å²) in [7, 11) is 2.83. The molecule has 0 saturated heterocycles. The Morgan fingerprint density at radius 2 is 2.50 bits per heavy atom. The predicted molar refractivity (Wildman–Crippen MR) is 46.2 cm³/mol. The highest BCUT2D eigenvalue weighted by molar-refractivity contribution is 8.81. The second-order valence-electron chi connectivity index (χ2n) is 1.18. The van der Waals surface area contributed by atoms with Crippen LogP contribution in [0.25, 0.3) is 0 Å². The summed E-state index contributed by atoms with van der Waals surface area (Å²) in [6.45, 7) is 2.39. The fourth-order valence-electron chi connectivity index (χ4n) is 0.321. The van der Waals surface area contributed by atoms with Gasteiger partial charge in [0.15, 0.2) is 0 Å². The molecule has 3 nitrogen and oxygen atoms in total. The Hall–Kier alpha value is -0.160. The van der Waals surface area contributed by atoms with Crippen molar-refractivity contribution in [3.63, 3.8) is 0 Å². The average Bonchev–Trinajstić information content (AvgIpc) is 1.90. The third-order valence-electron chi connectivity index (χ3n) is 0.581. The molecule has 0 heterocycles. The summed E-state index contributed by atoms with van der Waals surface area (Å²) in [4.78, 5) is 13.3. The van der Waals surface area contributed by atoms with E-state index in [9.17, 15) is 4.79 Å². The molecule has 0 rings (SSSR count). The number of carbonyl (C=O) groups excluding carboxylic acids is 1. The molecule has 0 atom stereocenters. The van der Waals surface area contributed by atoms with Gasteiger partial charge in [0.25, 0.3) is 5.23 Å². The van der Waals surface area contributed by atoms with Crippen molar-refractivity contribution in [2.45, 2.75) is 6.92 Å². The fourth-order valence-corrected chi connectivity index (χ4v) is 1.42. The first-order valence-corrected chi connectivity index (χ1v) is 5.25. The number of nitrogens with zero attached hydrogens (tertiary/aromatic N) is 1. The summed E-state index contributed by atoms with van der Waals surface area (Å²) in [5, 5.41) is 0.421. The minimum atomic E-state index is 0.421. The predicted octanol–water partition coefficient (Wildman–Crippen LogP) is 1.55. The lowest BCUT2D eigenvalue weighted by molar-refractivity contribution is -0.106. The van der Waals surface area contributed by atoms with E-state index in [-0.39, 0.29) is 0 Å². The molecule has 0 aromatic heterocycles. The molecule has 5 heteroatoms. The van der Waals surface area contributed by atoms with Gasteiger partial charge in [-0.15, -0.1) is 0 Å². The first kappa shape index (κ1) is 9.84. The lowest BCUT2D eigenvalue weighted by atomic mass is 10.9. The van der Waals surface area contributed by atoms with E-state index in [4.69, 9.17) is 4.74 Å². The maximum absolute atomic E-state index is 9.87. The van der Waals surface area contributed by atoms with Crippen LogP contribution < -0.4 is 0 Å². The Morgan fingerprint density at radius 1 is 1.80 bits per heavy atom. The van der Waals surface area contributed by atoms with Gasteiger partial charge in [-0.2, -0.15) is 4.99 Å². The normalized spacial score (nSPS) is 11.2. The summed E-state index contributed by atoms with van der Waals surface area (Å²) in [6, 6.07) is 0. The van der Waals surface area contributed by atoms with Crippen LogP contribution in [0.2, 0.25) is 0 Å². The lowest BCUT2D eigenvalue weighted by Crippen LogP contribution is -1.97. The van der Waals surface area contributed by atoms with Crippen LogP contribution in [-0.4, -0.2) is 24.5 Å². The summed E-state index contributed by atoms with van der Waals surface area (Å²) in [6.07, 6.45) is 2.37. The van der Waals surface area contributed by atoms with Gasteiger partial charge in [0, 0.05) is 10.8 Å². The number of aliphatic imine (C=N–C) groups is 1. The molecule has 0 aromatic carbocycles. The number of amides is 1. The zero-order valence-corrected chi connectivity index (χ0v) is 7.50. The van der Waals surface area contributed by atoms with Crippen LogP contribution in [0.5, 0.6) is 0 Å². The van der Waals surface area contributed by atoms with Crippen LogP contribution in [-0.2, 0) is 9.53 Å². The van der Waals surface area contributed by atoms with Crippen molar-refractivity contribution >= 4 is 33.2 Å². The highest BCUT2D eigenvalue weighted by Crippen LogP contribution is 2.19. The Balaban J connectivity index is 3.71.